The van der Waals surface area contributed by atoms with Gasteiger partial charge in [0.05, 0.1) is 0 Å². The van der Waals surface area contributed by atoms with Crippen molar-refractivity contribution in [3.05, 3.63) is 54.6 Å². The molecule has 3 nitrogen and oxygen atoms in total. The molecular formula is C18H22ClNO2. The van der Waals surface area contributed by atoms with Gasteiger partial charge in [-0.05, 0) is 55.8 Å². The molecule has 1 unspecified atom stereocenters. The predicted octanol–water partition coefficient (Wildman–Crippen LogP) is 4.42. The second kappa shape index (κ2) is 8.66. The number of benzene rings is 2. The van der Waals surface area contributed by atoms with Crippen molar-refractivity contribution in [3.8, 4) is 17.2 Å². The van der Waals surface area contributed by atoms with Crippen LogP contribution in [0, 0.1) is 0 Å². The number of rotatable bonds is 5. The fraction of sp³-hybridized carbons (Fsp3) is 0.333. The lowest BCUT2D eigenvalue weighted by Crippen LogP contribution is -2.38. The molecule has 0 amide bonds. The van der Waals surface area contributed by atoms with Crippen molar-refractivity contribution in [1.29, 1.82) is 0 Å². The van der Waals surface area contributed by atoms with E-state index in [1.54, 1.807) is 0 Å². The van der Waals surface area contributed by atoms with Crippen molar-refractivity contribution < 1.29 is 9.47 Å². The van der Waals surface area contributed by atoms with Gasteiger partial charge in [0.2, 0.25) is 0 Å². The maximum Gasteiger partial charge on any atom is 0.127 e. The van der Waals surface area contributed by atoms with Gasteiger partial charge >= 0.3 is 0 Å². The Morgan fingerprint density at radius 1 is 0.864 bits per heavy atom. The number of para-hydroxylation sites is 1. The molecule has 1 heterocycles. The average molecular weight is 320 g/mol. The SMILES string of the molecule is Cl.c1ccc(Oc2ccc(OCC3CCCCN3)cc2)cc1. The van der Waals surface area contributed by atoms with Gasteiger partial charge in [-0.25, -0.2) is 0 Å². The lowest BCUT2D eigenvalue weighted by molar-refractivity contribution is 0.239. The molecular weight excluding hydrogens is 298 g/mol. The van der Waals surface area contributed by atoms with Crippen LogP contribution in [0.4, 0.5) is 0 Å². The number of ether oxygens (including phenoxy) is 2. The number of hydrogen-bond donors (Lipinski definition) is 1. The smallest absolute Gasteiger partial charge is 0.127 e. The highest BCUT2D eigenvalue weighted by Crippen LogP contribution is 2.23. The minimum atomic E-state index is 0. The van der Waals surface area contributed by atoms with E-state index in [4.69, 9.17) is 9.47 Å². The van der Waals surface area contributed by atoms with Gasteiger partial charge < -0.3 is 14.8 Å². The first kappa shape index (κ1) is 16.7. The topological polar surface area (TPSA) is 30.5 Å². The normalized spacial score (nSPS) is 17.4. The van der Waals surface area contributed by atoms with Gasteiger partial charge in [0, 0.05) is 6.04 Å². The quantitative estimate of drug-likeness (QED) is 0.884. The molecule has 1 N–H and O–H groups in total. The number of halogens is 1. The first-order valence-electron chi connectivity index (χ1n) is 7.59. The van der Waals surface area contributed by atoms with Crippen molar-refractivity contribution in [3.63, 3.8) is 0 Å². The third-order valence-corrected chi connectivity index (χ3v) is 3.67. The summed E-state index contributed by atoms with van der Waals surface area (Å²) in [4.78, 5) is 0. The van der Waals surface area contributed by atoms with Crippen LogP contribution < -0.4 is 14.8 Å². The van der Waals surface area contributed by atoms with Crippen LogP contribution in [-0.4, -0.2) is 19.2 Å². The highest BCUT2D eigenvalue weighted by Gasteiger charge is 2.12. The lowest BCUT2D eigenvalue weighted by atomic mass is 10.1. The Kier molecular flexibility index (Phi) is 6.56. The predicted molar refractivity (Wildman–Crippen MR) is 91.3 cm³/mol. The van der Waals surface area contributed by atoms with Crippen LogP contribution in [0.3, 0.4) is 0 Å². The molecule has 118 valence electrons. The summed E-state index contributed by atoms with van der Waals surface area (Å²) in [6, 6.07) is 18.1. The van der Waals surface area contributed by atoms with E-state index in [1.165, 1.54) is 19.3 Å². The zero-order valence-corrected chi connectivity index (χ0v) is 13.4. The van der Waals surface area contributed by atoms with Crippen LogP contribution in [0.5, 0.6) is 17.2 Å². The zero-order valence-electron chi connectivity index (χ0n) is 12.5. The Bertz CT molecular complexity index is 539. The fourth-order valence-electron chi connectivity index (χ4n) is 2.49. The number of hydrogen-bond acceptors (Lipinski definition) is 3. The van der Waals surface area contributed by atoms with E-state index in [0.717, 1.165) is 30.4 Å². The van der Waals surface area contributed by atoms with E-state index in [9.17, 15) is 0 Å². The molecule has 4 heteroatoms. The monoisotopic (exact) mass is 319 g/mol. The van der Waals surface area contributed by atoms with E-state index < -0.39 is 0 Å². The van der Waals surface area contributed by atoms with Crippen LogP contribution in [0.1, 0.15) is 19.3 Å². The molecule has 1 fully saturated rings. The zero-order chi connectivity index (χ0) is 14.3. The first-order chi connectivity index (χ1) is 10.4. The molecule has 0 aromatic heterocycles. The minimum Gasteiger partial charge on any atom is -0.492 e. The first-order valence-corrected chi connectivity index (χ1v) is 7.59. The van der Waals surface area contributed by atoms with Gasteiger partial charge in [0.25, 0.3) is 0 Å². The molecule has 22 heavy (non-hydrogen) atoms. The summed E-state index contributed by atoms with van der Waals surface area (Å²) < 4.78 is 11.6. The summed E-state index contributed by atoms with van der Waals surface area (Å²) in [6.45, 7) is 1.84. The van der Waals surface area contributed by atoms with Gasteiger partial charge in [-0.2, -0.15) is 0 Å². The summed E-state index contributed by atoms with van der Waals surface area (Å²) >= 11 is 0. The summed E-state index contributed by atoms with van der Waals surface area (Å²) in [6.07, 6.45) is 3.78. The van der Waals surface area contributed by atoms with E-state index >= 15 is 0 Å². The molecule has 0 saturated carbocycles. The Morgan fingerprint density at radius 2 is 1.55 bits per heavy atom. The van der Waals surface area contributed by atoms with Gasteiger partial charge in [-0.15, -0.1) is 12.4 Å². The molecule has 2 aromatic carbocycles. The standard InChI is InChI=1S/C18H21NO2.ClH/c1-2-7-17(8-3-1)21-18-11-9-16(10-12-18)20-14-15-6-4-5-13-19-15;/h1-3,7-12,15,19H,4-6,13-14H2;1H. The molecule has 3 rings (SSSR count). The van der Waals surface area contributed by atoms with Crippen molar-refractivity contribution in [1.82, 2.24) is 5.32 Å². The third-order valence-electron chi connectivity index (χ3n) is 3.67. The van der Waals surface area contributed by atoms with Crippen LogP contribution >= 0.6 is 12.4 Å². The Labute approximate surface area is 138 Å². The third kappa shape index (κ3) is 4.93. The summed E-state index contributed by atoms with van der Waals surface area (Å²) in [5.74, 6) is 2.56. The molecule has 0 spiro atoms. The molecule has 1 saturated heterocycles. The Balaban J connectivity index is 0.00000176. The van der Waals surface area contributed by atoms with Gasteiger partial charge in [-0.3, -0.25) is 0 Å². The average Bonchev–Trinajstić information content (AvgIpc) is 2.56. The van der Waals surface area contributed by atoms with Crippen LogP contribution in [0.2, 0.25) is 0 Å². The van der Waals surface area contributed by atoms with Crippen LogP contribution in [0.15, 0.2) is 54.6 Å². The van der Waals surface area contributed by atoms with Gasteiger partial charge in [0.1, 0.15) is 23.9 Å². The largest absolute Gasteiger partial charge is 0.492 e. The van der Waals surface area contributed by atoms with E-state index in [2.05, 4.69) is 5.32 Å². The van der Waals surface area contributed by atoms with Crippen LogP contribution in [-0.2, 0) is 0 Å². The molecule has 0 radical (unpaired) electrons. The summed E-state index contributed by atoms with van der Waals surface area (Å²) in [7, 11) is 0. The highest BCUT2D eigenvalue weighted by atomic mass is 35.5. The van der Waals surface area contributed by atoms with Crippen molar-refractivity contribution in [2.24, 2.45) is 0 Å². The lowest BCUT2D eigenvalue weighted by Gasteiger charge is -2.23. The molecule has 1 aliphatic heterocycles. The maximum atomic E-state index is 5.83. The van der Waals surface area contributed by atoms with E-state index in [1.807, 2.05) is 54.6 Å². The van der Waals surface area contributed by atoms with Gasteiger partial charge in [0.15, 0.2) is 0 Å². The Morgan fingerprint density at radius 3 is 2.23 bits per heavy atom. The molecule has 0 aliphatic carbocycles. The summed E-state index contributed by atoms with van der Waals surface area (Å²) in [5, 5.41) is 3.48. The highest BCUT2D eigenvalue weighted by molar-refractivity contribution is 5.85. The molecule has 0 bridgehead atoms. The molecule has 1 aliphatic rings. The van der Waals surface area contributed by atoms with E-state index in [-0.39, 0.29) is 12.4 Å². The fourth-order valence-corrected chi connectivity index (χ4v) is 2.49. The molecule has 1 atom stereocenters. The number of nitrogens with one attached hydrogen (secondary N) is 1. The minimum absolute atomic E-state index is 0. The number of piperidine rings is 1. The van der Waals surface area contributed by atoms with Crippen molar-refractivity contribution >= 4 is 12.4 Å². The second-order valence-corrected chi connectivity index (χ2v) is 5.34. The maximum absolute atomic E-state index is 5.83. The van der Waals surface area contributed by atoms with Gasteiger partial charge in [-0.1, -0.05) is 24.6 Å². The Hall–Kier alpha value is -1.71. The van der Waals surface area contributed by atoms with Crippen molar-refractivity contribution in [2.75, 3.05) is 13.2 Å². The van der Waals surface area contributed by atoms with Crippen molar-refractivity contribution in [2.45, 2.75) is 25.3 Å². The second-order valence-electron chi connectivity index (χ2n) is 5.34. The van der Waals surface area contributed by atoms with E-state index in [0.29, 0.717) is 6.04 Å². The van der Waals surface area contributed by atoms with Crippen LogP contribution in [0.25, 0.3) is 0 Å². The molecule has 2 aromatic rings. The summed E-state index contributed by atoms with van der Waals surface area (Å²) in [5.41, 5.74) is 0.